The largest absolute Gasteiger partial charge is 0.453 e. The number of anilines is 1. The molecule has 1 saturated heterocycles. The number of hydrogen-bond donors (Lipinski definition) is 3. The molecule has 0 spiro atoms. The Balaban J connectivity index is 1.51. The van der Waals surface area contributed by atoms with Crippen molar-refractivity contribution in [1.29, 1.82) is 0 Å². The minimum Gasteiger partial charge on any atom is -0.453 e. The Bertz CT molecular complexity index is 948. The molecule has 2 aromatic carbocycles. The van der Waals surface area contributed by atoms with Crippen molar-refractivity contribution in [2.24, 2.45) is 0 Å². The number of carbonyl (C=O) groups is 2. The van der Waals surface area contributed by atoms with Crippen LogP contribution in [0.4, 0.5) is 14.9 Å². The van der Waals surface area contributed by atoms with E-state index in [9.17, 15) is 14.0 Å². The van der Waals surface area contributed by atoms with Crippen molar-refractivity contribution in [1.82, 2.24) is 10.6 Å². The van der Waals surface area contributed by atoms with Gasteiger partial charge >= 0.3 is 6.09 Å². The minimum atomic E-state index is -0.713. The molecule has 7 nitrogen and oxygen atoms in total. The van der Waals surface area contributed by atoms with E-state index in [1.165, 1.54) is 19.2 Å². The van der Waals surface area contributed by atoms with Crippen LogP contribution in [-0.2, 0) is 20.7 Å². The summed E-state index contributed by atoms with van der Waals surface area (Å²) in [6, 6.07) is 12.2. The van der Waals surface area contributed by atoms with Gasteiger partial charge < -0.3 is 25.4 Å². The highest BCUT2D eigenvalue weighted by Gasteiger charge is 2.23. The summed E-state index contributed by atoms with van der Waals surface area (Å²) in [6.07, 6.45) is 0.248. The number of hydrogen-bond acceptors (Lipinski definition) is 6. The summed E-state index contributed by atoms with van der Waals surface area (Å²) in [6.45, 7) is 1.16. The van der Waals surface area contributed by atoms with E-state index in [-0.39, 0.29) is 18.8 Å². The van der Waals surface area contributed by atoms with Gasteiger partial charge in [-0.3, -0.25) is 4.79 Å². The van der Waals surface area contributed by atoms with Gasteiger partial charge in [-0.05, 0) is 49.2 Å². The smallest absolute Gasteiger partial charge is 0.407 e. The highest BCUT2D eigenvalue weighted by atomic mass is 35.5. The van der Waals surface area contributed by atoms with Gasteiger partial charge in [0.05, 0.1) is 19.3 Å². The summed E-state index contributed by atoms with van der Waals surface area (Å²) in [7, 11) is 1.21. The first-order valence-corrected chi connectivity index (χ1v) is 11.9. The van der Waals surface area contributed by atoms with E-state index in [4.69, 9.17) is 16.3 Å². The zero-order valence-corrected chi connectivity index (χ0v) is 19.8. The molecular formula is C23H27ClFN3O4S. The van der Waals surface area contributed by atoms with Crippen LogP contribution in [0.1, 0.15) is 12.0 Å². The molecule has 3 N–H and O–H groups in total. The van der Waals surface area contributed by atoms with Crippen molar-refractivity contribution in [3.8, 4) is 0 Å². The number of halogens is 2. The van der Waals surface area contributed by atoms with E-state index in [2.05, 4.69) is 20.7 Å². The van der Waals surface area contributed by atoms with Crippen LogP contribution in [0.25, 0.3) is 0 Å². The zero-order chi connectivity index (χ0) is 23.6. The maximum atomic E-state index is 14.5. The number of carbonyl (C=O) groups excluding carboxylic acids is 2. The summed E-state index contributed by atoms with van der Waals surface area (Å²) in [5.74, 6) is -0.0752. The van der Waals surface area contributed by atoms with Gasteiger partial charge in [-0.25, -0.2) is 9.18 Å². The first-order valence-electron chi connectivity index (χ1n) is 10.6. The molecule has 178 valence electrons. The first-order chi connectivity index (χ1) is 15.9. The lowest BCUT2D eigenvalue weighted by Crippen LogP contribution is -2.45. The summed E-state index contributed by atoms with van der Waals surface area (Å²) in [5.41, 5.74) is 0.787. The number of benzene rings is 2. The van der Waals surface area contributed by atoms with Gasteiger partial charge in [-0.1, -0.05) is 17.7 Å². The quantitative estimate of drug-likeness (QED) is 0.458. The van der Waals surface area contributed by atoms with Gasteiger partial charge in [0, 0.05) is 40.0 Å². The maximum Gasteiger partial charge on any atom is 0.407 e. The van der Waals surface area contributed by atoms with E-state index in [1.54, 1.807) is 17.8 Å². The van der Waals surface area contributed by atoms with Gasteiger partial charge in [0.15, 0.2) is 0 Å². The Hall–Kier alpha value is -2.33. The lowest BCUT2D eigenvalue weighted by Gasteiger charge is -2.31. The number of rotatable bonds is 9. The number of thioether (sulfide) groups is 1. The SMILES string of the molecule is COC(=O)NCC(=O)Nc1cccc(F)c1CC[C@@H]1CNC[C@@H](CSc2ccc(Cl)cc2)O1. The fourth-order valence-corrected chi connectivity index (χ4v) is 4.45. The highest BCUT2D eigenvalue weighted by molar-refractivity contribution is 7.99. The number of methoxy groups -OCH3 is 1. The fourth-order valence-electron chi connectivity index (χ4n) is 3.42. The zero-order valence-electron chi connectivity index (χ0n) is 18.2. The second-order valence-electron chi connectivity index (χ2n) is 7.50. The molecule has 0 aromatic heterocycles. The van der Waals surface area contributed by atoms with E-state index < -0.39 is 17.8 Å². The van der Waals surface area contributed by atoms with Crippen molar-refractivity contribution in [2.75, 3.05) is 37.8 Å². The maximum absolute atomic E-state index is 14.5. The van der Waals surface area contributed by atoms with E-state index >= 15 is 0 Å². The molecule has 0 unspecified atom stereocenters. The molecule has 0 saturated carbocycles. The molecule has 1 fully saturated rings. The molecule has 1 heterocycles. The molecule has 3 rings (SSSR count). The van der Waals surface area contributed by atoms with E-state index in [0.717, 1.165) is 17.2 Å². The Morgan fingerprint density at radius 2 is 1.97 bits per heavy atom. The summed E-state index contributed by atoms with van der Waals surface area (Å²) in [5, 5.41) is 9.04. The van der Waals surface area contributed by atoms with Crippen LogP contribution in [0, 0.1) is 5.82 Å². The standard InChI is InChI=1S/C23H27ClFN3O4S/c1-31-23(30)27-13-22(29)28-21-4-2-3-20(25)19(21)10-7-16-11-26-12-17(32-16)14-33-18-8-5-15(24)6-9-18/h2-6,8-9,16-17,26H,7,10-14H2,1H3,(H,27,30)(H,28,29)/t16-,17+/m1/s1. The fraction of sp³-hybridized carbons (Fsp3) is 0.391. The molecule has 1 aliphatic heterocycles. The number of morpholine rings is 1. The normalized spacial score (nSPS) is 17.9. The molecule has 1 aliphatic rings. The average Bonchev–Trinajstić information content (AvgIpc) is 2.82. The molecule has 10 heteroatoms. The summed E-state index contributed by atoms with van der Waals surface area (Å²) >= 11 is 7.64. The third-order valence-electron chi connectivity index (χ3n) is 5.07. The molecular weight excluding hydrogens is 469 g/mol. The minimum absolute atomic E-state index is 0.0358. The van der Waals surface area contributed by atoms with Crippen LogP contribution >= 0.6 is 23.4 Å². The van der Waals surface area contributed by atoms with Crippen molar-refractivity contribution < 1.29 is 23.5 Å². The molecule has 0 aliphatic carbocycles. The van der Waals surface area contributed by atoms with Crippen LogP contribution in [-0.4, -0.2) is 56.7 Å². The predicted molar refractivity (Wildman–Crippen MR) is 127 cm³/mol. The monoisotopic (exact) mass is 495 g/mol. The first kappa shape index (κ1) is 25.3. The van der Waals surface area contributed by atoms with Crippen molar-refractivity contribution in [3.63, 3.8) is 0 Å². The van der Waals surface area contributed by atoms with E-state index in [0.29, 0.717) is 35.7 Å². The second-order valence-corrected chi connectivity index (χ2v) is 9.03. The van der Waals surface area contributed by atoms with Gasteiger partial charge in [0.25, 0.3) is 0 Å². The Morgan fingerprint density at radius 1 is 1.21 bits per heavy atom. The van der Waals surface area contributed by atoms with Crippen LogP contribution in [0.3, 0.4) is 0 Å². The van der Waals surface area contributed by atoms with Gasteiger partial charge in [-0.15, -0.1) is 11.8 Å². The lowest BCUT2D eigenvalue weighted by molar-refractivity contribution is -0.115. The van der Waals surface area contributed by atoms with Gasteiger partial charge in [-0.2, -0.15) is 0 Å². The molecule has 33 heavy (non-hydrogen) atoms. The number of nitrogens with one attached hydrogen (secondary N) is 3. The van der Waals surface area contributed by atoms with E-state index in [1.807, 2.05) is 24.3 Å². The second kappa shape index (κ2) is 12.8. The molecule has 0 radical (unpaired) electrons. The summed E-state index contributed by atoms with van der Waals surface area (Å²) in [4.78, 5) is 24.4. The highest BCUT2D eigenvalue weighted by Crippen LogP contribution is 2.25. The predicted octanol–water partition coefficient (Wildman–Crippen LogP) is 3.86. The van der Waals surface area contributed by atoms with Crippen LogP contribution in [0.2, 0.25) is 5.02 Å². The Kier molecular flexibility index (Phi) is 9.80. The third kappa shape index (κ3) is 8.19. The Labute approximate surface area is 201 Å². The Morgan fingerprint density at radius 3 is 2.73 bits per heavy atom. The van der Waals surface area contributed by atoms with Crippen LogP contribution < -0.4 is 16.0 Å². The van der Waals surface area contributed by atoms with Crippen LogP contribution in [0.15, 0.2) is 47.4 Å². The number of ether oxygens (including phenoxy) is 2. The number of alkyl carbamates (subject to hydrolysis) is 1. The topological polar surface area (TPSA) is 88.7 Å². The van der Waals surface area contributed by atoms with Crippen LogP contribution in [0.5, 0.6) is 0 Å². The van der Waals surface area contributed by atoms with Crippen molar-refractivity contribution in [2.45, 2.75) is 29.9 Å². The number of amides is 2. The molecule has 2 atom stereocenters. The van der Waals surface area contributed by atoms with Gasteiger partial charge in [0.1, 0.15) is 12.4 Å². The molecule has 2 aromatic rings. The lowest BCUT2D eigenvalue weighted by atomic mass is 10.0. The third-order valence-corrected chi connectivity index (χ3v) is 6.46. The average molecular weight is 496 g/mol. The summed E-state index contributed by atoms with van der Waals surface area (Å²) < 4.78 is 25.2. The van der Waals surface area contributed by atoms with Crippen molar-refractivity contribution >= 4 is 41.1 Å². The van der Waals surface area contributed by atoms with Gasteiger partial charge in [0.2, 0.25) is 5.91 Å². The molecule has 2 amide bonds. The molecule has 0 bridgehead atoms. The van der Waals surface area contributed by atoms with Crippen molar-refractivity contribution in [3.05, 3.63) is 58.9 Å².